The average Bonchev–Trinajstić information content (AvgIpc) is 2.81. The van der Waals surface area contributed by atoms with Crippen molar-refractivity contribution in [3.8, 4) is 11.8 Å². The van der Waals surface area contributed by atoms with Crippen LogP contribution in [0.15, 0.2) is 63.0 Å². The minimum absolute atomic E-state index is 0.106. The van der Waals surface area contributed by atoms with Gasteiger partial charge in [0.1, 0.15) is 17.4 Å². The van der Waals surface area contributed by atoms with Crippen LogP contribution in [0, 0.1) is 39.0 Å². The quantitative estimate of drug-likeness (QED) is 0.222. The van der Waals surface area contributed by atoms with E-state index in [0.29, 0.717) is 31.6 Å². The van der Waals surface area contributed by atoms with Gasteiger partial charge in [0.15, 0.2) is 6.61 Å². The second-order valence-electron chi connectivity index (χ2n) is 8.33. The van der Waals surface area contributed by atoms with E-state index in [-0.39, 0.29) is 18.1 Å². The predicted octanol–water partition coefficient (Wildman–Crippen LogP) is 7.01. The van der Waals surface area contributed by atoms with Gasteiger partial charge in [0, 0.05) is 21.4 Å². The molecule has 36 heavy (non-hydrogen) atoms. The number of ether oxygens (including phenoxy) is 1. The Balaban J connectivity index is 1.83. The lowest BCUT2D eigenvalue weighted by Crippen LogP contribution is -2.21. The second-order valence-corrected chi connectivity index (χ2v) is 10.1. The predicted molar refractivity (Wildman–Crippen MR) is 150 cm³/mol. The van der Waals surface area contributed by atoms with E-state index < -0.39 is 5.91 Å². The first-order valence-corrected chi connectivity index (χ1v) is 12.7. The van der Waals surface area contributed by atoms with E-state index in [1.807, 2.05) is 64.1 Å². The van der Waals surface area contributed by atoms with Crippen molar-refractivity contribution in [1.29, 1.82) is 5.26 Å². The lowest BCUT2D eigenvalue weighted by atomic mass is 10.1. The fourth-order valence-electron chi connectivity index (χ4n) is 3.50. The van der Waals surface area contributed by atoms with E-state index >= 15 is 0 Å². The molecule has 0 aliphatic carbocycles. The number of amides is 2. The van der Waals surface area contributed by atoms with Crippen LogP contribution in [-0.4, -0.2) is 18.4 Å². The normalized spacial score (nSPS) is 11.0. The maximum absolute atomic E-state index is 12.9. The molecule has 3 aromatic rings. The molecule has 0 aliphatic rings. The van der Waals surface area contributed by atoms with Crippen LogP contribution in [0.2, 0.25) is 0 Å². The highest BCUT2D eigenvalue weighted by molar-refractivity contribution is 9.11. The summed E-state index contributed by atoms with van der Waals surface area (Å²) in [7, 11) is 0. The molecule has 0 saturated heterocycles. The first kappa shape index (κ1) is 27.2. The summed E-state index contributed by atoms with van der Waals surface area (Å²) in [5.74, 6) is -0.540. The number of rotatable bonds is 7. The molecule has 2 amide bonds. The molecule has 0 fully saturated rings. The monoisotopic (exact) mass is 609 g/mol. The lowest BCUT2D eigenvalue weighted by molar-refractivity contribution is -0.118. The summed E-state index contributed by atoms with van der Waals surface area (Å²) in [5, 5.41) is 15.4. The molecule has 0 aromatic heterocycles. The Hall–Kier alpha value is -3.41. The molecular weight excluding hydrogens is 586 g/mol. The molecule has 0 saturated carbocycles. The van der Waals surface area contributed by atoms with Crippen LogP contribution in [0.5, 0.6) is 5.75 Å². The standard InChI is InChI=1S/C28H25Br2N3O3/c1-16-8-9-24(18(3)10-16)32-26(34)15-36-27-20(12-22(29)13-23(27)30)11-21(14-31)28(35)33-25-7-5-6-17(2)19(25)4/h5-13H,15H2,1-4H3,(H,32,34)(H,33,35)/b21-11-. The highest BCUT2D eigenvalue weighted by Gasteiger charge is 2.16. The Bertz CT molecular complexity index is 1410. The molecule has 0 unspecified atom stereocenters. The summed E-state index contributed by atoms with van der Waals surface area (Å²) in [5.41, 5.74) is 5.70. The molecule has 8 heteroatoms. The first-order valence-electron chi connectivity index (χ1n) is 11.1. The van der Waals surface area contributed by atoms with Gasteiger partial charge in [0.2, 0.25) is 0 Å². The Kier molecular flexibility index (Phi) is 9.08. The second kappa shape index (κ2) is 12.0. The number of halogens is 2. The molecular formula is C28H25Br2N3O3. The summed E-state index contributed by atoms with van der Waals surface area (Å²) in [6.45, 7) is 7.50. The van der Waals surface area contributed by atoms with Crippen molar-refractivity contribution in [3.63, 3.8) is 0 Å². The van der Waals surface area contributed by atoms with Crippen LogP contribution in [0.3, 0.4) is 0 Å². The minimum Gasteiger partial charge on any atom is -0.482 e. The number of carbonyl (C=O) groups is 2. The van der Waals surface area contributed by atoms with E-state index in [9.17, 15) is 14.9 Å². The van der Waals surface area contributed by atoms with Crippen molar-refractivity contribution in [2.24, 2.45) is 0 Å². The Morgan fingerprint density at radius 3 is 2.42 bits per heavy atom. The molecule has 184 valence electrons. The van der Waals surface area contributed by atoms with Crippen LogP contribution >= 0.6 is 31.9 Å². The highest BCUT2D eigenvalue weighted by Crippen LogP contribution is 2.34. The van der Waals surface area contributed by atoms with Gasteiger partial charge in [-0.25, -0.2) is 0 Å². The van der Waals surface area contributed by atoms with E-state index in [1.54, 1.807) is 18.2 Å². The Morgan fingerprint density at radius 1 is 0.972 bits per heavy atom. The van der Waals surface area contributed by atoms with Crippen LogP contribution in [-0.2, 0) is 9.59 Å². The highest BCUT2D eigenvalue weighted by atomic mass is 79.9. The van der Waals surface area contributed by atoms with Crippen molar-refractivity contribution < 1.29 is 14.3 Å². The van der Waals surface area contributed by atoms with Crippen LogP contribution in [0.25, 0.3) is 6.08 Å². The van der Waals surface area contributed by atoms with Gasteiger partial charge in [-0.1, -0.05) is 45.8 Å². The van der Waals surface area contributed by atoms with E-state index in [2.05, 4.69) is 42.5 Å². The van der Waals surface area contributed by atoms with E-state index in [1.165, 1.54) is 6.08 Å². The van der Waals surface area contributed by atoms with Crippen molar-refractivity contribution in [2.75, 3.05) is 17.2 Å². The van der Waals surface area contributed by atoms with Gasteiger partial charge in [-0.15, -0.1) is 0 Å². The number of aryl methyl sites for hydroxylation is 3. The molecule has 0 aliphatic heterocycles. The topological polar surface area (TPSA) is 91.2 Å². The molecule has 3 rings (SSSR count). The molecule has 3 aromatic carbocycles. The Labute approximate surface area is 227 Å². The summed E-state index contributed by atoms with van der Waals surface area (Å²) in [4.78, 5) is 25.5. The number of anilines is 2. The van der Waals surface area contributed by atoms with Crippen molar-refractivity contribution in [1.82, 2.24) is 0 Å². The first-order chi connectivity index (χ1) is 17.1. The maximum Gasteiger partial charge on any atom is 0.266 e. The average molecular weight is 611 g/mol. The van der Waals surface area contributed by atoms with Gasteiger partial charge in [0.05, 0.1) is 4.47 Å². The molecule has 6 nitrogen and oxygen atoms in total. The zero-order valence-electron chi connectivity index (χ0n) is 20.3. The van der Waals surface area contributed by atoms with Crippen molar-refractivity contribution in [3.05, 3.63) is 90.9 Å². The summed E-state index contributed by atoms with van der Waals surface area (Å²) in [6, 6.07) is 16.8. The van der Waals surface area contributed by atoms with Crippen LogP contribution < -0.4 is 15.4 Å². The lowest BCUT2D eigenvalue weighted by Gasteiger charge is -2.14. The molecule has 0 spiro atoms. The number of hydrogen-bond donors (Lipinski definition) is 2. The van der Waals surface area contributed by atoms with Gasteiger partial charge >= 0.3 is 0 Å². The van der Waals surface area contributed by atoms with Gasteiger partial charge in [-0.3, -0.25) is 9.59 Å². The number of nitriles is 1. The molecule has 0 atom stereocenters. The van der Waals surface area contributed by atoms with E-state index in [4.69, 9.17) is 4.74 Å². The zero-order chi connectivity index (χ0) is 26.4. The van der Waals surface area contributed by atoms with Crippen molar-refractivity contribution in [2.45, 2.75) is 27.7 Å². The summed E-state index contributed by atoms with van der Waals surface area (Å²) in [6.07, 6.45) is 1.44. The molecule has 2 N–H and O–H groups in total. The number of nitrogens with zero attached hydrogens (tertiary/aromatic N) is 1. The fraction of sp³-hybridized carbons (Fsp3) is 0.179. The SMILES string of the molecule is Cc1ccc(NC(=O)COc2c(Br)cc(Br)cc2/C=C(/C#N)C(=O)Nc2cccc(C)c2C)c(C)c1. The van der Waals surface area contributed by atoms with E-state index in [0.717, 1.165) is 22.3 Å². The van der Waals surface area contributed by atoms with Crippen LogP contribution in [0.1, 0.15) is 27.8 Å². The number of benzene rings is 3. The van der Waals surface area contributed by atoms with Crippen LogP contribution in [0.4, 0.5) is 11.4 Å². The third-order valence-electron chi connectivity index (χ3n) is 5.56. The molecule has 0 heterocycles. The smallest absolute Gasteiger partial charge is 0.266 e. The van der Waals surface area contributed by atoms with Gasteiger partial charge in [-0.2, -0.15) is 5.26 Å². The largest absolute Gasteiger partial charge is 0.482 e. The number of hydrogen-bond acceptors (Lipinski definition) is 4. The Morgan fingerprint density at radius 2 is 1.72 bits per heavy atom. The number of carbonyl (C=O) groups excluding carboxylic acids is 2. The zero-order valence-corrected chi connectivity index (χ0v) is 23.5. The van der Waals surface area contributed by atoms with Gasteiger partial charge in [-0.05, 0) is 90.7 Å². The van der Waals surface area contributed by atoms with Gasteiger partial charge in [0.25, 0.3) is 11.8 Å². The minimum atomic E-state index is -0.541. The number of nitrogens with one attached hydrogen (secondary N) is 2. The third-order valence-corrected chi connectivity index (χ3v) is 6.61. The molecule has 0 bridgehead atoms. The maximum atomic E-state index is 12.9. The summed E-state index contributed by atoms with van der Waals surface area (Å²) < 4.78 is 7.11. The fourth-order valence-corrected chi connectivity index (χ4v) is 4.87. The van der Waals surface area contributed by atoms with Gasteiger partial charge < -0.3 is 15.4 Å². The summed E-state index contributed by atoms with van der Waals surface area (Å²) >= 11 is 6.88. The molecule has 0 radical (unpaired) electrons. The van der Waals surface area contributed by atoms with Crippen molar-refractivity contribution >= 4 is 61.1 Å². The third kappa shape index (κ3) is 6.84.